The summed E-state index contributed by atoms with van der Waals surface area (Å²) in [7, 11) is 2.06. The van der Waals surface area contributed by atoms with Crippen molar-refractivity contribution >= 4 is 22.4 Å². The molecule has 0 fully saturated rings. The van der Waals surface area contributed by atoms with E-state index in [0.29, 0.717) is 0 Å². The van der Waals surface area contributed by atoms with Gasteiger partial charge in [-0.25, -0.2) is 4.98 Å². The Morgan fingerprint density at radius 2 is 1.57 bits per heavy atom. The minimum absolute atomic E-state index is 0.984. The Kier molecular flexibility index (Phi) is 3.38. The molecular weight excluding hydrogens is 256 g/mol. The molecule has 1 aromatic heterocycles. The summed E-state index contributed by atoms with van der Waals surface area (Å²) < 4.78 is 0. The van der Waals surface area contributed by atoms with Gasteiger partial charge in [0.2, 0.25) is 0 Å². The molecule has 0 amide bonds. The molecule has 1 heterocycles. The summed E-state index contributed by atoms with van der Waals surface area (Å²) in [5.74, 6) is 0.984. The van der Waals surface area contributed by atoms with Gasteiger partial charge in [-0.1, -0.05) is 29.8 Å². The van der Waals surface area contributed by atoms with E-state index >= 15 is 0 Å². The zero-order valence-corrected chi connectivity index (χ0v) is 13.0. The smallest absolute Gasteiger partial charge is 0.133 e. The largest absolute Gasteiger partial charge is 0.329 e. The average molecular weight is 276 g/mol. The van der Waals surface area contributed by atoms with Crippen LogP contribution in [0.2, 0.25) is 0 Å². The first kappa shape index (κ1) is 13.6. The number of nitrogens with zero attached hydrogens (tertiary/aromatic N) is 2. The van der Waals surface area contributed by atoms with E-state index in [-0.39, 0.29) is 0 Å². The lowest BCUT2D eigenvalue weighted by molar-refractivity contribution is 1.14. The summed E-state index contributed by atoms with van der Waals surface area (Å²) in [6, 6.07) is 16.9. The molecular formula is C19H20N2. The number of aromatic nitrogens is 1. The lowest BCUT2D eigenvalue weighted by Gasteiger charge is -2.20. The van der Waals surface area contributed by atoms with Gasteiger partial charge in [0.25, 0.3) is 0 Å². The molecule has 0 bridgehead atoms. The van der Waals surface area contributed by atoms with Crippen molar-refractivity contribution in [3.05, 3.63) is 65.2 Å². The van der Waals surface area contributed by atoms with Crippen LogP contribution in [0.3, 0.4) is 0 Å². The average Bonchev–Trinajstić information content (AvgIpc) is 2.48. The third-order valence-corrected chi connectivity index (χ3v) is 3.93. The first-order valence-electron chi connectivity index (χ1n) is 7.23. The number of pyridine rings is 1. The van der Waals surface area contributed by atoms with Crippen molar-refractivity contribution in [3.8, 4) is 0 Å². The number of hydrogen-bond acceptors (Lipinski definition) is 2. The van der Waals surface area contributed by atoms with E-state index in [1.165, 1.54) is 22.1 Å². The predicted molar refractivity (Wildman–Crippen MR) is 90.5 cm³/mol. The molecule has 0 aliphatic carbocycles. The van der Waals surface area contributed by atoms with Crippen molar-refractivity contribution in [2.24, 2.45) is 0 Å². The second-order valence-electron chi connectivity index (χ2n) is 5.67. The topological polar surface area (TPSA) is 16.1 Å². The number of rotatable bonds is 2. The molecule has 0 spiro atoms. The second kappa shape index (κ2) is 5.21. The van der Waals surface area contributed by atoms with Gasteiger partial charge >= 0.3 is 0 Å². The fraction of sp³-hybridized carbons (Fsp3) is 0.211. The maximum atomic E-state index is 4.88. The molecule has 2 heteroatoms. The summed E-state index contributed by atoms with van der Waals surface area (Å²) in [6.45, 7) is 6.43. The molecule has 0 atom stereocenters. The summed E-state index contributed by atoms with van der Waals surface area (Å²) in [5, 5.41) is 1.25. The van der Waals surface area contributed by atoms with Gasteiger partial charge in [-0.2, -0.15) is 0 Å². The van der Waals surface area contributed by atoms with E-state index in [1.54, 1.807) is 0 Å². The maximum Gasteiger partial charge on any atom is 0.133 e. The molecule has 0 N–H and O–H groups in total. The second-order valence-corrected chi connectivity index (χ2v) is 5.67. The van der Waals surface area contributed by atoms with Crippen molar-refractivity contribution in [2.75, 3.05) is 11.9 Å². The fourth-order valence-electron chi connectivity index (χ4n) is 2.78. The Bertz CT molecular complexity index is 792. The molecule has 21 heavy (non-hydrogen) atoms. The van der Waals surface area contributed by atoms with Crippen LogP contribution in [0.25, 0.3) is 10.9 Å². The van der Waals surface area contributed by atoms with Gasteiger partial charge < -0.3 is 4.90 Å². The van der Waals surface area contributed by atoms with Crippen LogP contribution in [0.5, 0.6) is 0 Å². The van der Waals surface area contributed by atoms with Crippen LogP contribution in [0.1, 0.15) is 16.7 Å². The maximum absolute atomic E-state index is 4.88. The van der Waals surface area contributed by atoms with Gasteiger partial charge in [0.05, 0.1) is 5.52 Å². The van der Waals surface area contributed by atoms with Crippen molar-refractivity contribution in [1.82, 2.24) is 4.98 Å². The standard InChI is InChI=1S/C19H20N2/c1-13-10-15(3)19-17(11-13)14(2)12-18(20-19)21(4)16-8-6-5-7-9-16/h5-12H,1-4H3. The number of anilines is 2. The van der Waals surface area contributed by atoms with Crippen LogP contribution in [-0.4, -0.2) is 12.0 Å². The molecule has 0 saturated carbocycles. The van der Waals surface area contributed by atoms with Crippen molar-refractivity contribution in [3.63, 3.8) is 0 Å². The molecule has 0 radical (unpaired) electrons. The number of fused-ring (bicyclic) bond motifs is 1. The lowest BCUT2D eigenvalue weighted by atomic mass is 10.0. The highest BCUT2D eigenvalue weighted by Gasteiger charge is 2.10. The minimum Gasteiger partial charge on any atom is -0.329 e. The quantitative estimate of drug-likeness (QED) is 0.660. The molecule has 2 aromatic carbocycles. The van der Waals surface area contributed by atoms with Gasteiger partial charge in [0.15, 0.2) is 0 Å². The number of para-hydroxylation sites is 1. The van der Waals surface area contributed by atoms with Crippen LogP contribution < -0.4 is 4.90 Å². The highest BCUT2D eigenvalue weighted by atomic mass is 15.2. The van der Waals surface area contributed by atoms with Gasteiger partial charge in [-0.15, -0.1) is 0 Å². The van der Waals surface area contributed by atoms with Gasteiger partial charge in [-0.05, 0) is 56.2 Å². The monoisotopic (exact) mass is 276 g/mol. The third kappa shape index (κ3) is 2.49. The third-order valence-electron chi connectivity index (χ3n) is 3.93. The highest BCUT2D eigenvalue weighted by molar-refractivity contribution is 5.87. The molecule has 0 unspecified atom stereocenters. The Labute approximate surface area is 126 Å². The van der Waals surface area contributed by atoms with E-state index < -0.39 is 0 Å². The normalized spacial score (nSPS) is 10.9. The molecule has 2 nitrogen and oxygen atoms in total. The Morgan fingerprint density at radius 1 is 0.857 bits per heavy atom. The molecule has 0 saturated heterocycles. The first-order valence-corrected chi connectivity index (χ1v) is 7.23. The molecule has 0 aliphatic rings. The van der Waals surface area contributed by atoms with E-state index in [1.807, 2.05) is 18.2 Å². The number of aryl methyl sites for hydroxylation is 3. The molecule has 3 rings (SSSR count). The van der Waals surface area contributed by atoms with Crippen molar-refractivity contribution in [1.29, 1.82) is 0 Å². The van der Waals surface area contributed by atoms with E-state index in [0.717, 1.165) is 17.0 Å². The van der Waals surface area contributed by atoms with Crippen LogP contribution in [-0.2, 0) is 0 Å². The predicted octanol–water partition coefficient (Wildman–Crippen LogP) is 4.93. The van der Waals surface area contributed by atoms with Gasteiger partial charge in [-0.3, -0.25) is 0 Å². The SMILES string of the molecule is Cc1cc(C)c2nc(N(C)c3ccccc3)cc(C)c2c1. The Morgan fingerprint density at radius 3 is 2.29 bits per heavy atom. The lowest BCUT2D eigenvalue weighted by Crippen LogP contribution is -2.11. The van der Waals surface area contributed by atoms with E-state index in [4.69, 9.17) is 4.98 Å². The summed E-state index contributed by atoms with van der Waals surface area (Å²) in [6.07, 6.45) is 0. The van der Waals surface area contributed by atoms with Gasteiger partial charge in [0.1, 0.15) is 5.82 Å². The van der Waals surface area contributed by atoms with Crippen LogP contribution in [0.15, 0.2) is 48.5 Å². The zero-order valence-electron chi connectivity index (χ0n) is 13.0. The number of hydrogen-bond donors (Lipinski definition) is 0. The summed E-state index contributed by atoms with van der Waals surface area (Å²) >= 11 is 0. The van der Waals surface area contributed by atoms with Crippen LogP contribution in [0, 0.1) is 20.8 Å². The fourth-order valence-corrected chi connectivity index (χ4v) is 2.78. The first-order chi connectivity index (χ1) is 10.1. The Balaban J connectivity index is 2.17. The van der Waals surface area contributed by atoms with E-state index in [2.05, 4.69) is 63.1 Å². The zero-order chi connectivity index (χ0) is 15.0. The van der Waals surface area contributed by atoms with Crippen molar-refractivity contribution in [2.45, 2.75) is 20.8 Å². The molecule has 0 aliphatic heterocycles. The van der Waals surface area contributed by atoms with Crippen LogP contribution in [0.4, 0.5) is 11.5 Å². The summed E-state index contributed by atoms with van der Waals surface area (Å²) in [5.41, 5.74) is 6.03. The molecule has 3 aromatic rings. The van der Waals surface area contributed by atoms with Crippen LogP contribution >= 0.6 is 0 Å². The Hall–Kier alpha value is -2.35. The summed E-state index contributed by atoms with van der Waals surface area (Å²) in [4.78, 5) is 7.01. The van der Waals surface area contributed by atoms with Crippen molar-refractivity contribution < 1.29 is 0 Å². The highest BCUT2D eigenvalue weighted by Crippen LogP contribution is 2.28. The number of benzene rings is 2. The minimum atomic E-state index is 0.984. The molecule has 106 valence electrons. The van der Waals surface area contributed by atoms with E-state index in [9.17, 15) is 0 Å². The van der Waals surface area contributed by atoms with Gasteiger partial charge in [0, 0.05) is 18.1 Å².